The van der Waals surface area contributed by atoms with E-state index in [9.17, 15) is 9.59 Å². The SMILES string of the molecule is C=CCC(OC(N)=O)c1cc(-c2c(NC(=O)C(C)C=C)cnn2CCO[Si](C)(C)C(C)(C)C)ccn1. The van der Waals surface area contributed by atoms with Crippen LogP contribution in [0.5, 0.6) is 0 Å². The van der Waals surface area contributed by atoms with Crippen molar-refractivity contribution in [3.05, 3.63) is 55.5 Å². The minimum absolute atomic E-state index is 0.0838. The standard InChI is InChI=1S/C26H39N5O4Si/c1-9-11-22(35-25(27)33)20-16-19(12-13-28-20)23-21(30-24(32)18(3)10-2)17-29-31(23)14-15-34-36(7,8)26(4,5)6/h9-10,12-13,16-18,22H,1-2,11,14-15H2,3-8H3,(H2,27,33)(H,30,32). The number of hydrogen-bond acceptors (Lipinski definition) is 6. The molecule has 9 nitrogen and oxygen atoms in total. The number of ether oxygens (including phenoxy) is 1. The summed E-state index contributed by atoms with van der Waals surface area (Å²) in [4.78, 5) is 28.4. The van der Waals surface area contributed by atoms with Crippen LogP contribution in [0.3, 0.4) is 0 Å². The van der Waals surface area contributed by atoms with Crippen LogP contribution < -0.4 is 11.1 Å². The summed E-state index contributed by atoms with van der Waals surface area (Å²) >= 11 is 0. The number of primary amides is 1. The van der Waals surface area contributed by atoms with Gasteiger partial charge in [0.25, 0.3) is 0 Å². The number of anilines is 1. The number of carbonyl (C=O) groups excluding carboxylic acids is 2. The van der Waals surface area contributed by atoms with Crippen molar-refractivity contribution in [2.75, 3.05) is 11.9 Å². The second kappa shape index (κ2) is 12.1. The minimum Gasteiger partial charge on any atom is -0.440 e. The van der Waals surface area contributed by atoms with Gasteiger partial charge in [-0.3, -0.25) is 14.5 Å². The molecule has 0 bridgehead atoms. The van der Waals surface area contributed by atoms with E-state index in [1.54, 1.807) is 42.2 Å². The average molecular weight is 514 g/mol. The third kappa shape index (κ3) is 7.38. The van der Waals surface area contributed by atoms with E-state index in [2.05, 4.69) is 62.4 Å². The summed E-state index contributed by atoms with van der Waals surface area (Å²) in [5.41, 5.74) is 7.75. The van der Waals surface area contributed by atoms with E-state index in [4.69, 9.17) is 14.9 Å². The van der Waals surface area contributed by atoms with Crippen molar-refractivity contribution in [2.24, 2.45) is 11.7 Å². The van der Waals surface area contributed by atoms with Crippen LogP contribution in [0, 0.1) is 5.92 Å². The number of nitrogens with zero attached hydrogens (tertiary/aromatic N) is 3. The first-order valence-electron chi connectivity index (χ1n) is 12.0. The molecule has 0 aliphatic rings. The molecule has 0 saturated carbocycles. The molecule has 3 N–H and O–H groups in total. The smallest absolute Gasteiger partial charge is 0.405 e. The van der Waals surface area contributed by atoms with Crippen molar-refractivity contribution in [1.82, 2.24) is 14.8 Å². The lowest BCUT2D eigenvalue weighted by Crippen LogP contribution is -2.41. The summed E-state index contributed by atoms with van der Waals surface area (Å²) in [5, 5.41) is 7.57. The Kier molecular flexibility index (Phi) is 9.77. The van der Waals surface area contributed by atoms with Gasteiger partial charge in [0.2, 0.25) is 5.91 Å². The van der Waals surface area contributed by atoms with Gasteiger partial charge in [-0.05, 0) is 30.3 Å². The summed E-state index contributed by atoms with van der Waals surface area (Å²) in [7, 11) is -1.95. The van der Waals surface area contributed by atoms with Gasteiger partial charge in [0.1, 0.15) is 6.10 Å². The van der Waals surface area contributed by atoms with Crippen molar-refractivity contribution in [3.8, 4) is 11.3 Å². The lowest BCUT2D eigenvalue weighted by molar-refractivity contribution is -0.118. The molecule has 2 aromatic rings. The zero-order valence-corrected chi connectivity index (χ0v) is 23.2. The Labute approximate surface area is 214 Å². The molecule has 2 atom stereocenters. The number of amides is 2. The van der Waals surface area contributed by atoms with Crippen molar-refractivity contribution in [2.45, 2.75) is 64.9 Å². The molecule has 0 aliphatic carbocycles. The van der Waals surface area contributed by atoms with E-state index in [0.29, 0.717) is 36.6 Å². The minimum atomic E-state index is -1.95. The highest BCUT2D eigenvalue weighted by atomic mass is 28.4. The fraction of sp³-hybridized carbons (Fsp3) is 0.462. The highest BCUT2D eigenvalue weighted by Crippen LogP contribution is 2.37. The van der Waals surface area contributed by atoms with Crippen LogP contribution in [0.4, 0.5) is 10.5 Å². The third-order valence-electron chi connectivity index (χ3n) is 6.46. The van der Waals surface area contributed by atoms with Crippen molar-refractivity contribution < 1.29 is 18.8 Å². The highest BCUT2D eigenvalue weighted by Gasteiger charge is 2.37. The summed E-state index contributed by atoms with van der Waals surface area (Å²) < 4.78 is 13.4. The second-order valence-electron chi connectivity index (χ2n) is 10.2. The predicted molar refractivity (Wildman–Crippen MR) is 145 cm³/mol. The van der Waals surface area contributed by atoms with Gasteiger partial charge < -0.3 is 20.2 Å². The van der Waals surface area contributed by atoms with Crippen LogP contribution in [0.15, 0.2) is 49.8 Å². The van der Waals surface area contributed by atoms with Crippen LogP contribution in [0.25, 0.3) is 11.3 Å². The average Bonchev–Trinajstić information content (AvgIpc) is 3.19. The molecule has 2 heterocycles. The Hall–Kier alpha value is -3.24. The molecule has 0 radical (unpaired) electrons. The van der Waals surface area contributed by atoms with Crippen LogP contribution in [-0.4, -0.2) is 41.7 Å². The first-order valence-corrected chi connectivity index (χ1v) is 14.9. The number of nitrogens with one attached hydrogen (secondary N) is 1. The van der Waals surface area contributed by atoms with E-state index in [1.807, 2.05) is 6.07 Å². The Balaban J connectivity index is 2.46. The van der Waals surface area contributed by atoms with E-state index >= 15 is 0 Å². The Bertz CT molecular complexity index is 1090. The number of nitrogens with two attached hydrogens (primary N) is 1. The molecule has 2 unspecified atom stereocenters. The summed E-state index contributed by atoms with van der Waals surface area (Å²) in [6.07, 6.45) is 5.22. The largest absolute Gasteiger partial charge is 0.440 e. The van der Waals surface area contributed by atoms with Gasteiger partial charge >= 0.3 is 6.09 Å². The van der Waals surface area contributed by atoms with Gasteiger partial charge in [-0.1, -0.05) is 39.8 Å². The summed E-state index contributed by atoms with van der Waals surface area (Å²) in [6.45, 7) is 21.1. The maximum absolute atomic E-state index is 12.6. The number of carbonyl (C=O) groups is 2. The fourth-order valence-corrected chi connectivity index (χ4v) is 4.24. The van der Waals surface area contributed by atoms with Gasteiger partial charge in [0, 0.05) is 18.2 Å². The molecule has 0 saturated heterocycles. The predicted octanol–water partition coefficient (Wildman–Crippen LogP) is 5.44. The Morgan fingerprint density at radius 3 is 2.58 bits per heavy atom. The van der Waals surface area contributed by atoms with Gasteiger partial charge in [-0.25, -0.2) is 4.79 Å². The van der Waals surface area contributed by atoms with Crippen LogP contribution in [-0.2, 0) is 20.5 Å². The molecule has 0 fully saturated rings. The molecule has 10 heteroatoms. The maximum Gasteiger partial charge on any atom is 0.405 e. The monoisotopic (exact) mass is 513 g/mol. The molecular weight excluding hydrogens is 474 g/mol. The molecule has 2 rings (SSSR count). The van der Waals surface area contributed by atoms with Crippen molar-refractivity contribution in [1.29, 1.82) is 0 Å². The lowest BCUT2D eigenvalue weighted by Gasteiger charge is -2.36. The normalized spacial score (nSPS) is 13.5. The molecule has 0 spiro atoms. The van der Waals surface area contributed by atoms with E-state index in [1.165, 1.54) is 0 Å². The maximum atomic E-state index is 12.6. The zero-order chi connectivity index (χ0) is 27.1. The zero-order valence-electron chi connectivity index (χ0n) is 22.2. The van der Waals surface area contributed by atoms with E-state index in [-0.39, 0.29) is 16.9 Å². The highest BCUT2D eigenvalue weighted by molar-refractivity contribution is 6.74. The number of pyridine rings is 1. The summed E-state index contributed by atoms with van der Waals surface area (Å²) in [6, 6.07) is 3.61. The van der Waals surface area contributed by atoms with E-state index < -0.39 is 20.5 Å². The van der Waals surface area contributed by atoms with Crippen LogP contribution in [0.1, 0.15) is 45.9 Å². The molecular formula is C26H39N5O4Si. The van der Waals surface area contributed by atoms with Gasteiger partial charge in [0.15, 0.2) is 8.32 Å². The molecule has 36 heavy (non-hydrogen) atoms. The molecule has 2 amide bonds. The number of rotatable bonds is 12. The Morgan fingerprint density at radius 2 is 2.00 bits per heavy atom. The van der Waals surface area contributed by atoms with Crippen molar-refractivity contribution >= 4 is 26.0 Å². The quantitative estimate of drug-likeness (QED) is 0.288. The number of aromatic nitrogens is 3. The van der Waals surface area contributed by atoms with Gasteiger partial charge in [-0.15, -0.1) is 13.2 Å². The Morgan fingerprint density at radius 1 is 1.31 bits per heavy atom. The second-order valence-corrected chi connectivity index (χ2v) is 15.0. The van der Waals surface area contributed by atoms with E-state index in [0.717, 1.165) is 5.56 Å². The fourth-order valence-electron chi connectivity index (χ4n) is 3.20. The molecule has 196 valence electrons. The lowest BCUT2D eigenvalue weighted by atomic mass is 10.1. The molecule has 2 aromatic heterocycles. The number of hydrogen-bond donors (Lipinski definition) is 2. The molecule has 0 aliphatic heterocycles. The first kappa shape index (κ1) is 29.0. The summed E-state index contributed by atoms with van der Waals surface area (Å²) in [5.74, 6) is -0.573. The van der Waals surface area contributed by atoms with Crippen LogP contribution in [0.2, 0.25) is 18.1 Å². The third-order valence-corrected chi connectivity index (χ3v) is 11.0. The topological polar surface area (TPSA) is 121 Å². The first-order chi connectivity index (χ1) is 16.8. The van der Waals surface area contributed by atoms with Gasteiger partial charge in [-0.2, -0.15) is 5.10 Å². The molecule has 0 aromatic carbocycles. The van der Waals surface area contributed by atoms with Crippen molar-refractivity contribution in [3.63, 3.8) is 0 Å². The van der Waals surface area contributed by atoms with Crippen LogP contribution >= 0.6 is 0 Å². The van der Waals surface area contributed by atoms with Gasteiger partial charge in [0.05, 0.1) is 42.3 Å².